The third-order valence-corrected chi connectivity index (χ3v) is 3.41. The summed E-state index contributed by atoms with van der Waals surface area (Å²) in [6, 6.07) is 8.07. The molecular weight excluding hydrogens is 317 g/mol. The maximum Gasteiger partial charge on any atom is 0.0426 e. The van der Waals surface area contributed by atoms with Crippen LogP contribution < -0.4 is 10.6 Å². The predicted molar refractivity (Wildman–Crippen MR) is 92.9 cm³/mol. The number of piperazine rings is 1. The summed E-state index contributed by atoms with van der Waals surface area (Å²) in [6.45, 7) is 9.32. The zero-order chi connectivity index (χ0) is 13.2. The first-order valence-electron chi connectivity index (χ1n) is 6.46. The maximum atomic E-state index is 6.06. The van der Waals surface area contributed by atoms with E-state index in [2.05, 4.69) is 29.7 Å². The molecule has 0 amide bonds. The van der Waals surface area contributed by atoms with Crippen LogP contribution in [-0.2, 0) is 0 Å². The van der Waals surface area contributed by atoms with Gasteiger partial charge in [-0.15, -0.1) is 24.8 Å². The summed E-state index contributed by atoms with van der Waals surface area (Å²) in [5.74, 6) is 0. The molecule has 3 nitrogen and oxygen atoms in total. The Morgan fingerprint density at radius 2 is 1.75 bits per heavy atom. The maximum absolute atomic E-state index is 6.06. The van der Waals surface area contributed by atoms with Gasteiger partial charge in [0.05, 0.1) is 0 Å². The number of hydrogen-bond acceptors (Lipinski definition) is 3. The highest BCUT2D eigenvalue weighted by molar-refractivity contribution is 6.30. The fraction of sp³-hybridized carbons (Fsp3) is 0.571. The molecule has 0 saturated carbocycles. The molecule has 0 aliphatic carbocycles. The minimum Gasteiger partial charge on any atom is -0.369 e. The highest BCUT2D eigenvalue weighted by Gasteiger charge is 2.21. The SMILES string of the molecule is CC(C)(N)CN1CCN(c2cccc(Cl)c2)CC1.Cl.Cl. The second kappa shape index (κ2) is 8.30. The molecule has 20 heavy (non-hydrogen) atoms. The molecule has 1 aromatic carbocycles. The van der Waals surface area contributed by atoms with Crippen LogP contribution in [0.3, 0.4) is 0 Å². The highest BCUT2D eigenvalue weighted by Crippen LogP contribution is 2.21. The van der Waals surface area contributed by atoms with Gasteiger partial charge in [-0.1, -0.05) is 17.7 Å². The molecule has 0 radical (unpaired) electrons. The molecule has 1 aliphatic rings. The van der Waals surface area contributed by atoms with E-state index in [4.69, 9.17) is 17.3 Å². The molecule has 1 fully saturated rings. The summed E-state index contributed by atoms with van der Waals surface area (Å²) in [6.07, 6.45) is 0. The molecule has 1 aliphatic heterocycles. The lowest BCUT2D eigenvalue weighted by Crippen LogP contribution is -2.53. The van der Waals surface area contributed by atoms with E-state index in [1.165, 1.54) is 5.69 Å². The topological polar surface area (TPSA) is 32.5 Å². The molecule has 0 spiro atoms. The number of rotatable bonds is 3. The van der Waals surface area contributed by atoms with Crippen molar-refractivity contribution in [3.63, 3.8) is 0 Å². The largest absolute Gasteiger partial charge is 0.369 e. The van der Waals surface area contributed by atoms with Crippen LogP contribution in [0, 0.1) is 0 Å². The zero-order valence-electron chi connectivity index (χ0n) is 12.0. The van der Waals surface area contributed by atoms with E-state index in [0.717, 1.165) is 37.7 Å². The number of anilines is 1. The summed E-state index contributed by atoms with van der Waals surface area (Å²) in [7, 11) is 0. The van der Waals surface area contributed by atoms with Gasteiger partial charge in [0.1, 0.15) is 0 Å². The van der Waals surface area contributed by atoms with Gasteiger partial charge in [0.2, 0.25) is 0 Å². The Balaban J connectivity index is 0.00000180. The Morgan fingerprint density at radius 1 is 1.15 bits per heavy atom. The quantitative estimate of drug-likeness (QED) is 0.918. The number of nitrogens with zero attached hydrogens (tertiary/aromatic N) is 2. The standard InChI is InChI=1S/C14H22ClN3.2ClH/c1-14(2,16)11-17-6-8-18(9-7-17)13-5-3-4-12(15)10-13;;/h3-5,10H,6-9,11,16H2,1-2H3;2*1H. The minimum atomic E-state index is -0.113. The number of benzene rings is 1. The van der Waals surface area contributed by atoms with Crippen LogP contribution in [0.25, 0.3) is 0 Å². The summed E-state index contributed by atoms with van der Waals surface area (Å²) >= 11 is 6.03. The first kappa shape index (κ1) is 19.8. The van der Waals surface area contributed by atoms with Crippen molar-refractivity contribution in [2.75, 3.05) is 37.6 Å². The van der Waals surface area contributed by atoms with Gasteiger partial charge in [0.15, 0.2) is 0 Å². The molecule has 0 aromatic heterocycles. The van der Waals surface area contributed by atoms with Crippen molar-refractivity contribution in [3.05, 3.63) is 29.3 Å². The van der Waals surface area contributed by atoms with E-state index in [9.17, 15) is 0 Å². The Labute approximate surface area is 139 Å². The van der Waals surface area contributed by atoms with Gasteiger partial charge < -0.3 is 10.6 Å². The molecule has 0 unspecified atom stereocenters. The molecule has 6 heteroatoms. The molecule has 1 aromatic rings. The first-order valence-corrected chi connectivity index (χ1v) is 6.84. The molecule has 116 valence electrons. The van der Waals surface area contributed by atoms with Crippen molar-refractivity contribution in [2.45, 2.75) is 19.4 Å². The molecular formula is C14H24Cl3N3. The van der Waals surface area contributed by atoms with Crippen LogP contribution in [0.15, 0.2) is 24.3 Å². The van der Waals surface area contributed by atoms with Crippen LogP contribution in [0.2, 0.25) is 5.02 Å². The third kappa shape index (κ3) is 6.06. The van der Waals surface area contributed by atoms with Crippen LogP contribution in [-0.4, -0.2) is 43.2 Å². The van der Waals surface area contributed by atoms with Crippen molar-refractivity contribution >= 4 is 42.1 Å². The monoisotopic (exact) mass is 339 g/mol. The summed E-state index contributed by atoms with van der Waals surface area (Å²) in [4.78, 5) is 4.81. The fourth-order valence-corrected chi connectivity index (χ4v) is 2.60. The Kier molecular flexibility index (Phi) is 8.22. The summed E-state index contributed by atoms with van der Waals surface area (Å²) < 4.78 is 0. The van der Waals surface area contributed by atoms with E-state index in [0.29, 0.717) is 0 Å². The van der Waals surface area contributed by atoms with Gasteiger partial charge in [-0.25, -0.2) is 0 Å². The summed E-state index contributed by atoms with van der Waals surface area (Å²) in [5, 5.41) is 0.804. The smallest absolute Gasteiger partial charge is 0.0426 e. The molecule has 2 N–H and O–H groups in total. The van der Waals surface area contributed by atoms with Gasteiger partial charge in [-0.05, 0) is 32.0 Å². The molecule has 1 heterocycles. The highest BCUT2D eigenvalue weighted by atomic mass is 35.5. The molecule has 0 bridgehead atoms. The van der Waals surface area contributed by atoms with Gasteiger partial charge in [-0.2, -0.15) is 0 Å². The van der Waals surface area contributed by atoms with E-state index in [1.807, 2.05) is 18.2 Å². The Bertz CT molecular complexity index is 399. The molecule has 0 atom stereocenters. The van der Waals surface area contributed by atoms with Crippen molar-refractivity contribution in [1.29, 1.82) is 0 Å². The van der Waals surface area contributed by atoms with E-state index >= 15 is 0 Å². The number of halogens is 3. The van der Waals surface area contributed by atoms with E-state index in [-0.39, 0.29) is 30.4 Å². The Morgan fingerprint density at radius 3 is 2.25 bits per heavy atom. The minimum absolute atomic E-state index is 0. The lowest BCUT2D eigenvalue weighted by atomic mass is 10.1. The molecule has 1 saturated heterocycles. The van der Waals surface area contributed by atoms with Crippen LogP contribution >= 0.6 is 36.4 Å². The van der Waals surface area contributed by atoms with Gasteiger partial charge >= 0.3 is 0 Å². The zero-order valence-corrected chi connectivity index (χ0v) is 14.4. The Hall–Kier alpha value is -0.190. The van der Waals surface area contributed by atoms with Crippen LogP contribution in [0.4, 0.5) is 5.69 Å². The first-order chi connectivity index (χ1) is 8.44. The van der Waals surface area contributed by atoms with E-state index < -0.39 is 0 Å². The van der Waals surface area contributed by atoms with Crippen LogP contribution in [0.5, 0.6) is 0 Å². The predicted octanol–water partition coefficient (Wildman–Crippen LogP) is 3.04. The third-order valence-electron chi connectivity index (χ3n) is 3.18. The second-order valence-electron chi connectivity index (χ2n) is 5.73. The molecule has 2 rings (SSSR count). The lowest BCUT2D eigenvalue weighted by Gasteiger charge is -2.38. The normalized spacial score (nSPS) is 16.3. The van der Waals surface area contributed by atoms with Crippen molar-refractivity contribution in [1.82, 2.24) is 4.90 Å². The second-order valence-corrected chi connectivity index (χ2v) is 6.17. The fourth-order valence-electron chi connectivity index (χ4n) is 2.41. The van der Waals surface area contributed by atoms with Crippen LogP contribution in [0.1, 0.15) is 13.8 Å². The van der Waals surface area contributed by atoms with Gasteiger partial charge in [-0.3, -0.25) is 4.90 Å². The van der Waals surface area contributed by atoms with Crippen molar-refractivity contribution in [3.8, 4) is 0 Å². The van der Waals surface area contributed by atoms with Crippen molar-refractivity contribution < 1.29 is 0 Å². The van der Waals surface area contributed by atoms with Gasteiger partial charge in [0.25, 0.3) is 0 Å². The average Bonchev–Trinajstić information content (AvgIpc) is 2.28. The number of nitrogens with two attached hydrogens (primary N) is 1. The average molecular weight is 341 g/mol. The van der Waals surface area contributed by atoms with Gasteiger partial charge in [0, 0.05) is 49.0 Å². The number of hydrogen-bond donors (Lipinski definition) is 1. The van der Waals surface area contributed by atoms with Crippen molar-refractivity contribution in [2.24, 2.45) is 5.73 Å². The summed E-state index contributed by atoms with van der Waals surface area (Å²) in [5.41, 5.74) is 7.16. The lowest BCUT2D eigenvalue weighted by molar-refractivity contribution is 0.214. The van der Waals surface area contributed by atoms with E-state index in [1.54, 1.807) is 0 Å².